The second kappa shape index (κ2) is 21.5. The zero-order chi connectivity index (χ0) is 34.7. The van der Waals surface area contributed by atoms with Crippen molar-refractivity contribution < 1.29 is 0 Å². The number of rotatable bonds is 6. The van der Waals surface area contributed by atoms with Crippen molar-refractivity contribution in [1.29, 1.82) is 0 Å². The summed E-state index contributed by atoms with van der Waals surface area (Å²) in [5, 5.41) is 2.54. The molecule has 2 aromatic rings. The van der Waals surface area contributed by atoms with Crippen molar-refractivity contribution >= 4 is 81.0 Å². The van der Waals surface area contributed by atoms with Gasteiger partial charge in [-0.2, -0.15) is 0 Å². The number of hydrogen-bond donors (Lipinski definition) is 4. The van der Waals surface area contributed by atoms with Gasteiger partial charge in [0.2, 0.25) is 0 Å². The molecule has 2 heterocycles. The molecule has 2 aliphatic heterocycles. The van der Waals surface area contributed by atoms with Crippen LogP contribution in [-0.2, 0) is 0 Å². The molecule has 0 aliphatic carbocycles. The Kier molecular flexibility index (Phi) is 17.5. The van der Waals surface area contributed by atoms with Gasteiger partial charge in [0.1, 0.15) is 0 Å². The summed E-state index contributed by atoms with van der Waals surface area (Å²) in [5.74, 6) is 1.35. The molecule has 260 valence electrons. The van der Waals surface area contributed by atoms with Gasteiger partial charge in [0, 0.05) is 63.5 Å². The van der Waals surface area contributed by atoms with Crippen molar-refractivity contribution in [3.05, 3.63) is 71.8 Å². The Bertz CT molecular complexity index is 1260. The van der Waals surface area contributed by atoms with Crippen molar-refractivity contribution in [1.82, 2.24) is 41.3 Å². The Morgan fingerprint density at radius 2 is 0.854 bits per heavy atom. The molecule has 0 aromatic heterocycles. The minimum Gasteiger partial charge on any atom is -0.348 e. The average Bonchev–Trinajstić information content (AvgIpc) is 3.86. The summed E-state index contributed by atoms with van der Waals surface area (Å²) < 4.78 is 0. The highest BCUT2D eigenvalue weighted by Gasteiger charge is 2.17. The largest absolute Gasteiger partial charge is 0.348 e. The van der Waals surface area contributed by atoms with E-state index in [1.54, 1.807) is 0 Å². The normalized spacial score (nSPS) is 14.4. The summed E-state index contributed by atoms with van der Waals surface area (Å²) in [6, 6.07) is 19.9. The van der Waals surface area contributed by atoms with Crippen LogP contribution in [0.1, 0.15) is 64.5 Å². The Labute approximate surface area is 308 Å². The number of thiocarbonyl (C=S) groups is 4. The summed E-state index contributed by atoms with van der Waals surface area (Å²) >= 11 is 21.8. The van der Waals surface area contributed by atoms with Crippen LogP contribution in [0.2, 0.25) is 0 Å². The molecule has 0 amide bonds. The maximum absolute atomic E-state index is 5.46. The number of amidine groups is 2. The van der Waals surface area contributed by atoms with Crippen LogP contribution >= 0.6 is 48.9 Å². The van der Waals surface area contributed by atoms with Crippen LogP contribution in [0.25, 0.3) is 0 Å². The van der Waals surface area contributed by atoms with Crippen LogP contribution in [0.4, 0.5) is 0 Å². The molecule has 0 bridgehead atoms. The minimum absolute atomic E-state index is 0.570. The summed E-state index contributed by atoms with van der Waals surface area (Å²) in [7, 11) is 0. The highest BCUT2D eigenvalue weighted by atomic mass is 32.1. The summed E-state index contributed by atoms with van der Waals surface area (Å²) in [4.78, 5) is 17.6. The zero-order valence-corrected chi connectivity index (χ0v) is 31.8. The lowest BCUT2D eigenvalue weighted by molar-refractivity contribution is 0.469. The van der Waals surface area contributed by atoms with E-state index in [0.29, 0.717) is 32.1 Å². The van der Waals surface area contributed by atoms with Gasteiger partial charge in [-0.05, 0) is 102 Å². The lowest BCUT2D eigenvalue weighted by Crippen LogP contribution is -2.48. The van der Waals surface area contributed by atoms with Crippen LogP contribution < -0.4 is 21.7 Å². The van der Waals surface area contributed by atoms with Gasteiger partial charge in [0.25, 0.3) is 0 Å². The monoisotopic (exact) mass is 726 g/mol. The van der Waals surface area contributed by atoms with Crippen molar-refractivity contribution in [2.75, 3.05) is 52.4 Å². The van der Waals surface area contributed by atoms with E-state index in [1.807, 2.05) is 70.5 Å². The Morgan fingerprint density at radius 3 is 1.15 bits per heavy atom. The number of hydrazine groups is 2. The van der Waals surface area contributed by atoms with E-state index < -0.39 is 0 Å². The molecule has 48 heavy (non-hydrogen) atoms. The predicted molar refractivity (Wildman–Crippen MR) is 216 cm³/mol. The molecular formula is C34H50N10S4. The predicted octanol–water partition coefficient (Wildman–Crippen LogP) is 5.07. The van der Waals surface area contributed by atoms with Gasteiger partial charge in [-0.15, -0.1) is 0 Å². The van der Waals surface area contributed by atoms with E-state index in [2.05, 4.69) is 69.2 Å². The number of nitrogens with zero attached hydrogens (tertiary/aromatic N) is 6. The molecule has 4 N–H and O–H groups in total. The van der Waals surface area contributed by atoms with Crippen LogP contribution in [0.15, 0.2) is 70.6 Å². The first-order chi connectivity index (χ1) is 23.3. The molecule has 2 aliphatic rings. The second-order valence-corrected chi connectivity index (χ2v) is 12.6. The van der Waals surface area contributed by atoms with E-state index in [4.69, 9.17) is 48.9 Å². The standard InChI is InChI=1S/2C17H25N5S2/c2*1-3-21(4-2)16(23)18-15(14-10-6-5-7-11-14)19-20-17(24)22-12-8-9-13-22/h2*5-7,10-11H,3-4,8-9,12-13H2,1-2H3,(H,20,24)(H,18,19,23). The fourth-order valence-electron chi connectivity index (χ4n) is 5.07. The number of nitrogens with one attached hydrogen (secondary N) is 4. The summed E-state index contributed by atoms with van der Waals surface area (Å²) in [6.07, 6.45) is 4.75. The van der Waals surface area contributed by atoms with Gasteiger partial charge in [0.05, 0.1) is 0 Å². The van der Waals surface area contributed by atoms with Crippen LogP contribution in [0.5, 0.6) is 0 Å². The lowest BCUT2D eigenvalue weighted by atomic mass is 10.2. The zero-order valence-electron chi connectivity index (χ0n) is 28.6. The first-order valence-electron chi connectivity index (χ1n) is 16.8. The lowest BCUT2D eigenvalue weighted by Gasteiger charge is -2.22. The Balaban J connectivity index is 0.000000260. The molecule has 0 atom stereocenters. The van der Waals surface area contributed by atoms with E-state index in [9.17, 15) is 0 Å². The molecule has 2 fully saturated rings. The van der Waals surface area contributed by atoms with Crippen molar-refractivity contribution in [3.8, 4) is 0 Å². The third-order valence-corrected chi connectivity index (χ3v) is 9.36. The second-order valence-electron chi connectivity index (χ2n) is 11.1. The van der Waals surface area contributed by atoms with Gasteiger partial charge >= 0.3 is 0 Å². The molecule has 0 unspecified atom stereocenters. The smallest absolute Gasteiger partial charge is 0.197 e. The van der Waals surface area contributed by atoms with E-state index in [-0.39, 0.29) is 0 Å². The quantitative estimate of drug-likeness (QED) is 0.139. The first kappa shape index (κ1) is 39.0. The maximum atomic E-state index is 5.46. The third kappa shape index (κ3) is 12.5. The van der Waals surface area contributed by atoms with Crippen LogP contribution in [0.3, 0.4) is 0 Å². The molecule has 0 saturated carbocycles. The van der Waals surface area contributed by atoms with E-state index >= 15 is 0 Å². The highest BCUT2D eigenvalue weighted by molar-refractivity contribution is 7.80. The molecule has 10 nitrogen and oxygen atoms in total. The number of hydrogen-bond acceptors (Lipinski definition) is 4. The first-order valence-corrected chi connectivity index (χ1v) is 18.4. The Hall–Kier alpha value is -3.46. The fourth-order valence-corrected chi connectivity index (χ4v) is 6.23. The van der Waals surface area contributed by atoms with Crippen molar-refractivity contribution in [2.24, 2.45) is 9.98 Å². The molecule has 14 heteroatoms. The molecule has 0 radical (unpaired) electrons. The van der Waals surface area contributed by atoms with E-state index in [1.165, 1.54) is 25.7 Å². The van der Waals surface area contributed by atoms with E-state index in [0.717, 1.165) is 63.5 Å². The summed E-state index contributed by atoms with van der Waals surface area (Å²) in [6.45, 7) is 15.6. The number of aliphatic imine (C=N–C) groups is 2. The van der Waals surface area contributed by atoms with Gasteiger partial charge in [-0.1, -0.05) is 60.7 Å². The minimum atomic E-state index is 0.570. The Morgan fingerprint density at radius 1 is 0.542 bits per heavy atom. The maximum Gasteiger partial charge on any atom is 0.197 e. The fraction of sp³-hybridized carbons (Fsp3) is 0.471. The molecule has 0 spiro atoms. The summed E-state index contributed by atoms with van der Waals surface area (Å²) in [5.41, 5.74) is 14.4. The topological polar surface area (TPSA) is 85.8 Å². The third-order valence-electron chi connectivity index (χ3n) is 7.94. The van der Waals surface area contributed by atoms with Gasteiger partial charge in [-0.3, -0.25) is 21.7 Å². The van der Waals surface area contributed by atoms with Crippen molar-refractivity contribution in [3.63, 3.8) is 0 Å². The van der Waals surface area contributed by atoms with Crippen LogP contribution in [-0.4, -0.2) is 104 Å². The van der Waals surface area contributed by atoms with Crippen molar-refractivity contribution in [2.45, 2.75) is 53.4 Å². The molecular weight excluding hydrogens is 677 g/mol. The van der Waals surface area contributed by atoms with Gasteiger partial charge in [0.15, 0.2) is 32.1 Å². The highest BCUT2D eigenvalue weighted by Crippen LogP contribution is 2.09. The molecule has 2 aromatic carbocycles. The SMILES string of the molecule is CCN(CC)C(=S)/N=C(\NNC(=S)N1CCCC1)c1ccccc1.CCN(CC)C(=S)/N=C(\NNC(=S)N1CCCC1)c1ccccc1. The van der Waals surface area contributed by atoms with Crippen LogP contribution in [0, 0.1) is 0 Å². The number of likely N-dealkylation sites (tertiary alicyclic amines) is 2. The molecule has 2 saturated heterocycles. The van der Waals surface area contributed by atoms with Gasteiger partial charge in [-0.25, -0.2) is 9.98 Å². The number of benzene rings is 2. The average molecular weight is 727 g/mol. The van der Waals surface area contributed by atoms with Gasteiger partial charge < -0.3 is 19.6 Å². The molecule has 4 rings (SSSR count).